The Kier molecular flexibility index (Phi) is 8.00. The molecule has 0 radical (unpaired) electrons. The van der Waals surface area contributed by atoms with Crippen LogP contribution in [0.2, 0.25) is 0 Å². The number of halogens is 1. The number of aryl methyl sites for hydroxylation is 1. The molecule has 1 atom stereocenters. The molecule has 3 N–H and O–H groups in total. The number of benzene rings is 2. The monoisotopic (exact) mass is 423 g/mol. The highest BCUT2D eigenvalue weighted by atomic mass is 35.5. The average Bonchev–Trinajstić information content (AvgIpc) is 2.68. The van der Waals surface area contributed by atoms with Crippen LogP contribution in [-0.2, 0) is 16.6 Å². The second-order valence-electron chi connectivity index (χ2n) is 6.80. The first-order valence-electron chi connectivity index (χ1n) is 9.11. The summed E-state index contributed by atoms with van der Waals surface area (Å²) in [6.45, 7) is 3.71. The van der Waals surface area contributed by atoms with E-state index in [0.717, 1.165) is 37.1 Å². The fraction of sp³-hybridized carbons (Fsp3) is 0.350. The molecular formula is C20H26ClN3O3S. The van der Waals surface area contributed by atoms with Crippen LogP contribution in [0.15, 0.2) is 53.4 Å². The number of rotatable bonds is 6. The Bertz CT molecular complexity index is 898. The Morgan fingerprint density at radius 2 is 1.93 bits per heavy atom. The van der Waals surface area contributed by atoms with Gasteiger partial charge >= 0.3 is 0 Å². The quantitative estimate of drug-likeness (QED) is 0.665. The highest BCUT2D eigenvalue weighted by Gasteiger charge is 2.20. The number of carbonyl (C=O) groups is 1. The molecule has 0 aliphatic carbocycles. The Hall–Kier alpha value is -1.93. The second-order valence-corrected chi connectivity index (χ2v) is 8.57. The summed E-state index contributed by atoms with van der Waals surface area (Å²) in [7, 11) is -3.71. The molecule has 8 heteroatoms. The summed E-state index contributed by atoms with van der Waals surface area (Å²) in [6.07, 6.45) is 1.94. The third kappa shape index (κ3) is 5.78. The molecule has 1 saturated heterocycles. The third-order valence-electron chi connectivity index (χ3n) is 4.71. The molecule has 3 rings (SSSR count). The van der Waals surface area contributed by atoms with Gasteiger partial charge in [0.15, 0.2) is 0 Å². The summed E-state index contributed by atoms with van der Waals surface area (Å²) in [5.41, 5.74) is 2.01. The maximum Gasteiger partial charge on any atom is 0.251 e. The molecule has 0 aromatic heterocycles. The van der Waals surface area contributed by atoms with Crippen molar-refractivity contribution in [2.45, 2.75) is 37.2 Å². The Morgan fingerprint density at radius 1 is 1.18 bits per heavy atom. The molecule has 0 saturated carbocycles. The van der Waals surface area contributed by atoms with Crippen molar-refractivity contribution in [2.24, 2.45) is 0 Å². The van der Waals surface area contributed by atoms with E-state index in [0.29, 0.717) is 5.56 Å². The number of hydrogen-bond acceptors (Lipinski definition) is 4. The number of nitrogens with one attached hydrogen (secondary N) is 3. The van der Waals surface area contributed by atoms with Gasteiger partial charge in [-0.25, -0.2) is 13.1 Å². The van der Waals surface area contributed by atoms with Crippen molar-refractivity contribution >= 4 is 28.3 Å². The molecule has 1 aliphatic rings. The molecule has 0 spiro atoms. The first kappa shape index (κ1) is 22.4. The van der Waals surface area contributed by atoms with Crippen molar-refractivity contribution < 1.29 is 13.2 Å². The van der Waals surface area contributed by atoms with Gasteiger partial charge in [0.05, 0.1) is 4.90 Å². The molecule has 152 valence electrons. The summed E-state index contributed by atoms with van der Waals surface area (Å²) in [5.74, 6) is -0.235. The van der Waals surface area contributed by atoms with Crippen molar-refractivity contribution in [3.63, 3.8) is 0 Å². The van der Waals surface area contributed by atoms with Crippen LogP contribution in [-0.4, -0.2) is 33.5 Å². The van der Waals surface area contributed by atoms with Gasteiger partial charge in [0, 0.05) is 24.7 Å². The van der Waals surface area contributed by atoms with Crippen molar-refractivity contribution in [1.82, 2.24) is 15.4 Å². The largest absolute Gasteiger partial charge is 0.348 e. The minimum absolute atomic E-state index is 0. The number of piperidine rings is 1. The fourth-order valence-electron chi connectivity index (χ4n) is 3.11. The molecular weight excluding hydrogens is 398 g/mol. The van der Waals surface area contributed by atoms with Gasteiger partial charge in [-0.05, 0) is 49.6 Å². The van der Waals surface area contributed by atoms with Crippen LogP contribution in [0, 0.1) is 6.92 Å². The highest BCUT2D eigenvalue weighted by molar-refractivity contribution is 7.89. The van der Waals surface area contributed by atoms with Gasteiger partial charge < -0.3 is 10.6 Å². The first-order valence-corrected chi connectivity index (χ1v) is 10.6. The molecule has 28 heavy (non-hydrogen) atoms. The predicted octanol–water partition coefficient (Wildman–Crippen LogP) is 2.38. The first-order chi connectivity index (χ1) is 13.0. The van der Waals surface area contributed by atoms with Gasteiger partial charge in [0.1, 0.15) is 0 Å². The van der Waals surface area contributed by atoms with E-state index in [9.17, 15) is 13.2 Å². The Morgan fingerprint density at radius 3 is 2.61 bits per heavy atom. The van der Waals surface area contributed by atoms with Crippen LogP contribution in [0.5, 0.6) is 0 Å². The van der Waals surface area contributed by atoms with E-state index in [2.05, 4.69) is 15.4 Å². The summed E-state index contributed by atoms with van der Waals surface area (Å²) >= 11 is 0. The molecule has 2 aromatic rings. The average molecular weight is 424 g/mol. The number of sulfonamides is 1. The molecule has 1 fully saturated rings. The van der Waals surface area contributed by atoms with Crippen LogP contribution in [0.4, 0.5) is 0 Å². The second kappa shape index (κ2) is 10.0. The highest BCUT2D eigenvalue weighted by Crippen LogP contribution is 2.17. The third-order valence-corrected chi connectivity index (χ3v) is 6.10. The molecule has 0 bridgehead atoms. The number of hydrogen-bond donors (Lipinski definition) is 3. The maximum atomic E-state index is 12.6. The van der Waals surface area contributed by atoms with E-state index in [4.69, 9.17) is 0 Å². The van der Waals surface area contributed by atoms with E-state index in [-0.39, 0.29) is 35.8 Å². The SMILES string of the molecule is Cc1ccc(S(=O)(=O)NCc2ccccc2)cc1C(=O)N[C@H]1CCCNC1.Cl. The van der Waals surface area contributed by atoms with Gasteiger partial charge in [-0.1, -0.05) is 36.4 Å². The van der Waals surface area contributed by atoms with E-state index in [1.807, 2.05) is 37.3 Å². The summed E-state index contributed by atoms with van der Waals surface area (Å²) in [5, 5.41) is 6.25. The Balaban J connectivity index is 0.00000280. The standard InChI is InChI=1S/C20H25N3O3S.ClH/c1-15-9-10-18(27(25,26)22-13-16-6-3-2-4-7-16)12-19(15)20(24)23-17-8-5-11-21-14-17;/h2-4,6-7,9-10,12,17,21-22H,5,8,11,13-14H2,1H3,(H,23,24);1H/t17-;/m0./s1. The molecule has 6 nitrogen and oxygen atoms in total. The van der Waals surface area contributed by atoms with Crippen molar-refractivity contribution in [1.29, 1.82) is 0 Å². The minimum atomic E-state index is -3.71. The lowest BCUT2D eigenvalue weighted by atomic mass is 10.1. The van der Waals surface area contributed by atoms with Crippen LogP contribution in [0.1, 0.15) is 34.3 Å². The van der Waals surface area contributed by atoms with E-state index < -0.39 is 10.0 Å². The number of amides is 1. The molecule has 1 amide bonds. The number of carbonyl (C=O) groups excluding carboxylic acids is 1. The van der Waals surface area contributed by atoms with Crippen LogP contribution >= 0.6 is 12.4 Å². The lowest BCUT2D eigenvalue weighted by Crippen LogP contribution is -2.45. The predicted molar refractivity (Wildman–Crippen MR) is 112 cm³/mol. The van der Waals surface area contributed by atoms with Crippen molar-refractivity contribution in [3.8, 4) is 0 Å². The van der Waals surface area contributed by atoms with Crippen molar-refractivity contribution in [2.75, 3.05) is 13.1 Å². The van der Waals surface area contributed by atoms with Crippen LogP contribution in [0.25, 0.3) is 0 Å². The Labute approximate surface area is 172 Å². The van der Waals surface area contributed by atoms with E-state index in [1.165, 1.54) is 12.1 Å². The summed E-state index contributed by atoms with van der Waals surface area (Å²) in [6, 6.07) is 14.0. The zero-order valence-electron chi connectivity index (χ0n) is 15.8. The van der Waals surface area contributed by atoms with Crippen molar-refractivity contribution in [3.05, 3.63) is 65.2 Å². The van der Waals surface area contributed by atoms with E-state index in [1.54, 1.807) is 6.07 Å². The van der Waals surface area contributed by atoms with Gasteiger partial charge in [0.25, 0.3) is 5.91 Å². The smallest absolute Gasteiger partial charge is 0.251 e. The van der Waals surface area contributed by atoms with Gasteiger partial charge in [0.2, 0.25) is 10.0 Å². The normalized spacial score (nSPS) is 16.8. The van der Waals surface area contributed by atoms with Gasteiger partial charge in [-0.3, -0.25) is 4.79 Å². The molecule has 1 heterocycles. The van der Waals surface area contributed by atoms with Crippen LogP contribution < -0.4 is 15.4 Å². The summed E-state index contributed by atoms with van der Waals surface area (Å²) < 4.78 is 27.8. The topological polar surface area (TPSA) is 87.3 Å². The molecule has 2 aromatic carbocycles. The molecule has 1 aliphatic heterocycles. The van der Waals surface area contributed by atoms with Gasteiger partial charge in [-0.2, -0.15) is 0 Å². The van der Waals surface area contributed by atoms with Crippen LogP contribution in [0.3, 0.4) is 0 Å². The summed E-state index contributed by atoms with van der Waals surface area (Å²) in [4.78, 5) is 12.7. The zero-order chi connectivity index (χ0) is 19.3. The fourth-order valence-corrected chi connectivity index (χ4v) is 4.15. The minimum Gasteiger partial charge on any atom is -0.348 e. The zero-order valence-corrected chi connectivity index (χ0v) is 17.4. The molecule has 0 unspecified atom stereocenters. The maximum absolute atomic E-state index is 12.6. The lowest BCUT2D eigenvalue weighted by Gasteiger charge is -2.24. The lowest BCUT2D eigenvalue weighted by molar-refractivity contribution is 0.0930. The van der Waals surface area contributed by atoms with Gasteiger partial charge in [-0.15, -0.1) is 12.4 Å². The van der Waals surface area contributed by atoms with E-state index >= 15 is 0 Å².